The van der Waals surface area contributed by atoms with Crippen molar-refractivity contribution in [3.05, 3.63) is 69.9 Å². The highest BCUT2D eigenvalue weighted by atomic mass is 35.5. The zero-order valence-corrected chi connectivity index (χ0v) is 14.7. The third kappa shape index (κ3) is 2.63. The Morgan fingerprint density at radius 1 is 1.04 bits per heavy atom. The van der Waals surface area contributed by atoms with Crippen LogP contribution in [0.15, 0.2) is 47.6 Å². The number of benzene rings is 2. The van der Waals surface area contributed by atoms with Gasteiger partial charge < -0.3 is 10.4 Å². The molecule has 2 heterocycles. The number of fused-ring (bicyclic) bond motifs is 3. The number of aryl methyl sites for hydroxylation is 2. The van der Waals surface area contributed by atoms with E-state index in [1.807, 2.05) is 18.2 Å². The largest absolute Gasteiger partial charge is 0.358 e. The van der Waals surface area contributed by atoms with Crippen molar-refractivity contribution in [1.29, 1.82) is 0 Å². The van der Waals surface area contributed by atoms with E-state index >= 15 is 0 Å². The molecular weight excluding hydrogens is 330 g/mol. The van der Waals surface area contributed by atoms with Crippen LogP contribution in [0.1, 0.15) is 47.7 Å². The second-order valence-corrected chi connectivity index (χ2v) is 7.49. The van der Waals surface area contributed by atoms with Gasteiger partial charge in [-0.3, -0.25) is 0 Å². The molecule has 0 fully saturated rings. The average Bonchev–Trinajstić information content (AvgIpc) is 3.26. The van der Waals surface area contributed by atoms with Gasteiger partial charge in [0.2, 0.25) is 0 Å². The summed E-state index contributed by atoms with van der Waals surface area (Å²) in [6, 6.07) is 14.9. The SMILES string of the molecule is Clc1cccc(C2CC(c3ccc4c5c([nH]c4c3)CCCC5)=NN2)c1. The molecular formula is C21H20ClN3. The number of hydrogen-bond donors (Lipinski definition) is 2. The summed E-state index contributed by atoms with van der Waals surface area (Å²) in [5.41, 5.74) is 11.0. The van der Waals surface area contributed by atoms with Crippen molar-refractivity contribution in [3.8, 4) is 0 Å². The summed E-state index contributed by atoms with van der Waals surface area (Å²) >= 11 is 6.12. The molecule has 4 heteroatoms. The van der Waals surface area contributed by atoms with E-state index in [2.05, 4.69) is 39.8 Å². The molecule has 0 radical (unpaired) electrons. The third-order valence-corrected chi connectivity index (χ3v) is 5.67. The Balaban J connectivity index is 1.44. The monoisotopic (exact) mass is 349 g/mol. The molecule has 0 saturated carbocycles. The van der Waals surface area contributed by atoms with Gasteiger partial charge in [-0.1, -0.05) is 35.9 Å². The molecule has 1 aromatic heterocycles. The minimum atomic E-state index is 0.196. The molecule has 126 valence electrons. The highest BCUT2D eigenvalue weighted by Crippen LogP contribution is 2.31. The van der Waals surface area contributed by atoms with E-state index in [0.717, 1.165) is 17.2 Å². The maximum atomic E-state index is 6.12. The minimum absolute atomic E-state index is 0.196. The van der Waals surface area contributed by atoms with Crippen LogP contribution in [-0.2, 0) is 12.8 Å². The zero-order valence-electron chi connectivity index (χ0n) is 14.0. The maximum Gasteiger partial charge on any atom is 0.0746 e. The smallest absolute Gasteiger partial charge is 0.0746 e. The van der Waals surface area contributed by atoms with E-state index in [1.54, 1.807) is 0 Å². The van der Waals surface area contributed by atoms with E-state index in [-0.39, 0.29) is 6.04 Å². The number of halogens is 1. The Kier molecular flexibility index (Phi) is 3.56. The predicted octanol–water partition coefficient (Wildman–Crippen LogP) is 5.14. The van der Waals surface area contributed by atoms with Gasteiger partial charge >= 0.3 is 0 Å². The molecule has 0 bridgehead atoms. The van der Waals surface area contributed by atoms with Crippen molar-refractivity contribution in [2.24, 2.45) is 5.10 Å². The van der Waals surface area contributed by atoms with Gasteiger partial charge in [-0.05, 0) is 60.6 Å². The van der Waals surface area contributed by atoms with Crippen LogP contribution in [-0.4, -0.2) is 10.7 Å². The maximum absolute atomic E-state index is 6.12. The molecule has 1 atom stereocenters. The number of rotatable bonds is 2. The van der Waals surface area contributed by atoms with Gasteiger partial charge in [-0.15, -0.1) is 0 Å². The fourth-order valence-electron chi connectivity index (χ4n) is 4.13. The van der Waals surface area contributed by atoms with Crippen molar-refractivity contribution in [2.45, 2.75) is 38.1 Å². The van der Waals surface area contributed by atoms with Crippen LogP contribution < -0.4 is 5.43 Å². The van der Waals surface area contributed by atoms with Gasteiger partial charge in [-0.25, -0.2) is 0 Å². The topological polar surface area (TPSA) is 40.2 Å². The van der Waals surface area contributed by atoms with Crippen molar-refractivity contribution in [1.82, 2.24) is 10.4 Å². The van der Waals surface area contributed by atoms with E-state index in [9.17, 15) is 0 Å². The molecule has 2 N–H and O–H groups in total. The molecule has 0 amide bonds. The summed E-state index contributed by atoms with van der Waals surface area (Å²) in [7, 11) is 0. The molecule has 0 spiro atoms. The standard InChI is InChI=1S/C21H20ClN3/c22-15-5-3-4-13(10-15)19-12-20(25-24-19)14-8-9-17-16-6-1-2-7-18(16)23-21(17)11-14/h3-5,8-11,19,23-24H,1-2,6-7,12H2. The normalized spacial score (nSPS) is 19.6. The summed E-state index contributed by atoms with van der Waals surface area (Å²) in [6.45, 7) is 0. The first-order valence-corrected chi connectivity index (χ1v) is 9.37. The van der Waals surface area contributed by atoms with Gasteiger partial charge in [0.1, 0.15) is 0 Å². The number of nitrogens with one attached hydrogen (secondary N) is 2. The Bertz CT molecular complexity index is 986. The van der Waals surface area contributed by atoms with Crippen LogP contribution in [0.4, 0.5) is 0 Å². The molecule has 1 aliphatic carbocycles. The summed E-state index contributed by atoms with van der Waals surface area (Å²) in [5, 5.41) is 6.75. The molecule has 3 nitrogen and oxygen atoms in total. The Morgan fingerprint density at radius 2 is 1.96 bits per heavy atom. The van der Waals surface area contributed by atoms with Crippen LogP contribution >= 0.6 is 11.6 Å². The van der Waals surface area contributed by atoms with Gasteiger partial charge in [0.05, 0.1) is 11.8 Å². The lowest BCUT2D eigenvalue weighted by Crippen LogP contribution is -2.09. The van der Waals surface area contributed by atoms with E-state index in [0.29, 0.717) is 0 Å². The number of H-pyrrole nitrogens is 1. The number of hydrogen-bond acceptors (Lipinski definition) is 2. The molecule has 25 heavy (non-hydrogen) atoms. The first-order valence-electron chi connectivity index (χ1n) is 8.99. The second kappa shape index (κ2) is 5.92. The highest BCUT2D eigenvalue weighted by molar-refractivity contribution is 6.30. The predicted molar refractivity (Wildman–Crippen MR) is 103 cm³/mol. The van der Waals surface area contributed by atoms with Crippen LogP contribution in [0.3, 0.4) is 0 Å². The van der Waals surface area contributed by atoms with Crippen molar-refractivity contribution in [3.63, 3.8) is 0 Å². The second-order valence-electron chi connectivity index (χ2n) is 7.05. The first kappa shape index (κ1) is 15.0. The summed E-state index contributed by atoms with van der Waals surface area (Å²) in [6.07, 6.45) is 5.86. The van der Waals surface area contributed by atoms with Gasteiger partial charge in [0.15, 0.2) is 0 Å². The molecule has 5 rings (SSSR count). The van der Waals surface area contributed by atoms with Crippen LogP contribution in [0.5, 0.6) is 0 Å². The van der Waals surface area contributed by atoms with Crippen molar-refractivity contribution < 1.29 is 0 Å². The summed E-state index contributed by atoms with van der Waals surface area (Å²) < 4.78 is 0. The summed E-state index contributed by atoms with van der Waals surface area (Å²) in [5.74, 6) is 0. The first-order chi connectivity index (χ1) is 12.3. The third-order valence-electron chi connectivity index (χ3n) is 5.44. The number of nitrogens with zero attached hydrogens (tertiary/aromatic N) is 1. The fourth-order valence-corrected chi connectivity index (χ4v) is 4.33. The lowest BCUT2D eigenvalue weighted by Gasteiger charge is -2.10. The minimum Gasteiger partial charge on any atom is -0.358 e. The van der Waals surface area contributed by atoms with E-state index < -0.39 is 0 Å². The van der Waals surface area contributed by atoms with E-state index in [4.69, 9.17) is 11.6 Å². The quantitative estimate of drug-likeness (QED) is 0.660. The van der Waals surface area contributed by atoms with Crippen LogP contribution in [0.2, 0.25) is 5.02 Å². The van der Waals surface area contributed by atoms with Crippen molar-refractivity contribution in [2.75, 3.05) is 0 Å². The van der Waals surface area contributed by atoms with Gasteiger partial charge in [0.25, 0.3) is 0 Å². The Morgan fingerprint density at radius 3 is 2.88 bits per heavy atom. The molecule has 1 unspecified atom stereocenters. The van der Waals surface area contributed by atoms with Crippen LogP contribution in [0.25, 0.3) is 10.9 Å². The lowest BCUT2D eigenvalue weighted by atomic mass is 9.94. The Hall–Kier alpha value is -2.26. The highest BCUT2D eigenvalue weighted by Gasteiger charge is 2.22. The number of hydrazone groups is 1. The fraction of sp³-hybridized carbons (Fsp3) is 0.286. The summed E-state index contributed by atoms with van der Waals surface area (Å²) in [4.78, 5) is 3.64. The van der Waals surface area contributed by atoms with Gasteiger partial charge in [0, 0.05) is 28.0 Å². The molecule has 2 aliphatic rings. The Labute approximate surface area is 152 Å². The number of aromatic amines is 1. The molecule has 3 aromatic rings. The van der Waals surface area contributed by atoms with Gasteiger partial charge in [-0.2, -0.15) is 5.10 Å². The van der Waals surface area contributed by atoms with Crippen LogP contribution in [0, 0.1) is 0 Å². The number of aromatic nitrogens is 1. The average molecular weight is 350 g/mol. The molecule has 0 saturated heterocycles. The molecule has 2 aromatic carbocycles. The molecule has 1 aliphatic heterocycles. The lowest BCUT2D eigenvalue weighted by molar-refractivity contribution is 0.620. The van der Waals surface area contributed by atoms with Crippen molar-refractivity contribution >= 4 is 28.2 Å². The van der Waals surface area contributed by atoms with E-state index in [1.165, 1.54) is 59.0 Å². The zero-order chi connectivity index (χ0) is 16.8.